The second-order valence-corrected chi connectivity index (χ2v) is 3.30. The molecule has 0 aromatic carbocycles. The highest BCUT2D eigenvalue weighted by Crippen LogP contribution is 2.13. The Bertz CT molecular complexity index is 249. The van der Waals surface area contributed by atoms with Crippen LogP contribution in [0.3, 0.4) is 0 Å². The van der Waals surface area contributed by atoms with Crippen LogP contribution in [0.25, 0.3) is 0 Å². The molecule has 2 N–H and O–H groups in total. The van der Waals surface area contributed by atoms with Crippen LogP contribution in [0.5, 0.6) is 0 Å². The van der Waals surface area contributed by atoms with Gasteiger partial charge in [-0.15, -0.1) is 0 Å². The predicted octanol–water partition coefficient (Wildman–Crippen LogP) is -0.665. The van der Waals surface area contributed by atoms with Crippen molar-refractivity contribution < 1.29 is 5.06 Å². The minimum Gasteiger partial charge on any atom is -0.623 e. The minimum atomic E-state index is 0.102. The summed E-state index contributed by atoms with van der Waals surface area (Å²) in [7, 11) is 0. The van der Waals surface area contributed by atoms with Gasteiger partial charge in [0.2, 0.25) is 5.82 Å². The fourth-order valence-electron chi connectivity index (χ4n) is 1.58. The molecule has 0 saturated heterocycles. The van der Waals surface area contributed by atoms with Gasteiger partial charge < -0.3 is 5.21 Å². The molecule has 0 aliphatic carbocycles. The third-order valence-corrected chi connectivity index (χ3v) is 2.20. The van der Waals surface area contributed by atoms with Gasteiger partial charge in [0, 0.05) is 12.1 Å². The number of fused-ring (bicyclic) bond motifs is 1. The molecule has 0 aromatic heterocycles. The monoisotopic (exact) mass is 167 g/mol. The average molecular weight is 167 g/mol. The molecular formula is C8H13N3O. The lowest BCUT2D eigenvalue weighted by molar-refractivity contribution is -0.762. The van der Waals surface area contributed by atoms with Crippen LogP contribution >= 0.6 is 0 Å². The number of hydrogen-bond donors (Lipinski definition) is 2. The first kappa shape index (κ1) is 7.79. The van der Waals surface area contributed by atoms with Crippen molar-refractivity contribution >= 4 is 0 Å². The first-order valence-electron chi connectivity index (χ1n) is 4.18. The van der Waals surface area contributed by atoms with Crippen molar-refractivity contribution in [1.29, 1.82) is 0 Å². The fraction of sp³-hybridized carbons (Fsp3) is 0.500. The van der Waals surface area contributed by atoms with Crippen molar-refractivity contribution in [2.24, 2.45) is 0 Å². The Morgan fingerprint density at radius 2 is 2.33 bits per heavy atom. The van der Waals surface area contributed by atoms with Crippen LogP contribution in [-0.4, -0.2) is 17.1 Å². The summed E-state index contributed by atoms with van der Waals surface area (Å²) >= 11 is 0. The van der Waals surface area contributed by atoms with Gasteiger partial charge in [-0.2, -0.15) is 0 Å². The second kappa shape index (κ2) is 2.58. The molecular weight excluding hydrogens is 154 g/mol. The number of hydrazine groups is 1. The molecule has 2 rings (SSSR count). The van der Waals surface area contributed by atoms with Gasteiger partial charge in [0.15, 0.2) is 0 Å². The molecule has 4 nitrogen and oxygen atoms in total. The third kappa shape index (κ3) is 1.04. The quantitative estimate of drug-likeness (QED) is 0.470. The lowest BCUT2D eigenvalue weighted by Gasteiger charge is -2.34. The van der Waals surface area contributed by atoms with Crippen molar-refractivity contribution in [3.8, 4) is 0 Å². The number of rotatable bonds is 0. The number of hydrogen-bond acceptors (Lipinski definition) is 3. The van der Waals surface area contributed by atoms with E-state index in [1.54, 1.807) is 6.20 Å². The van der Waals surface area contributed by atoms with E-state index < -0.39 is 0 Å². The van der Waals surface area contributed by atoms with Gasteiger partial charge in [-0.1, -0.05) is 0 Å². The summed E-state index contributed by atoms with van der Waals surface area (Å²) in [6.45, 7) is 4.09. The van der Waals surface area contributed by atoms with E-state index in [9.17, 15) is 5.21 Å². The Morgan fingerprint density at radius 1 is 1.58 bits per heavy atom. The molecule has 0 aromatic rings. The zero-order valence-electron chi connectivity index (χ0n) is 7.24. The standard InChI is InChI=1S/C8H13N3O/c1-6-5-8-10(12)4-3-7(2)11(8)9-6/h3-7,9-10H,1-2H3. The van der Waals surface area contributed by atoms with Crippen LogP contribution in [0.1, 0.15) is 13.8 Å². The normalized spacial score (nSPS) is 39.8. The third-order valence-electron chi connectivity index (χ3n) is 2.20. The van der Waals surface area contributed by atoms with Crippen molar-refractivity contribution in [2.75, 3.05) is 0 Å². The zero-order valence-corrected chi connectivity index (χ0v) is 7.24. The van der Waals surface area contributed by atoms with E-state index in [-0.39, 0.29) is 17.1 Å². The van der Waals surface area contributed by atoms with Crippen LogP contribution in [0, 0.1) is 5.21 Å². The van der Waals surface area contributed by atoms with Gasteiger partial charge in [-0.05, 0) is 19.9 Å². The van der Waals surface area contributed by atoms with E-state index in [0.29, 0.717) is 0 Å². The van der Waals surface area contributed by atoms with Crippen molar-refractivity contribution in [3.63, 3.8) is 0 Å². The van der Waals surface area contributed by atoms with Gasteiger partial charge in [-0.3, -0.25) is 10.1 Å². The number of hydroxylamine groups is 2. The average Bonchev–Trinajstić information content (AvgIpc) is 2.41. The summed E-state index contributed by atoms with van der Waals surface area (Å²) in [6.07, 6.45) is 5.51. The lowest BCUT2D eigenvalue weighted by atomic mass is 10.3. The van der Waals surface area contributed by atoms with Crippen molar-refractivity contribution in [3.05, 3.63) is 29.4 Å². The number of nitrogens with one attached hydrogen (secondary N) is 2. The number of nitrogens with zero attached hydrogens (tertiary/aromatic N) is 1. The molecule has 66 valence electrons. The van der Waals surface area contributed by atoms with Gasteiger partial charge in [0.25, 0.3) is 0 Å². The molecule has 0 amide bonds. The molecule has 0 fully saturated rings. The molecule has 4 heteroatoms. The van der Waals surface area contributed by atoms with Gasteiger partial charge in [0.1, 0.15) is 0 Å². The maximum absolute atomic E-state index is 11.3. The van der Waals surface area contributed by atoms with Crippen LogP contribution in [-0.2, 0) is 0 Å². The first-order chi connectivity index (χ1) is 5.68. The fourth-order valence-corrected chi connectivity index (χ4v) is 1.58. The molecule has 2 aliphatic rings. The Hall–Kier alpha value is -0.840. The highest BCUT2D eigenvalue weighted by atomic mass is 16.5. The Balaban J connectivity index is 2.29. The topological polar surface area (TPSA) is 42.8 Å². The maximum atomic E-state index is 11.3. The Morgan fingerprint density at radius 3 is 3.00 bits per heavy atom. The molecule has 2 heterocycles. The Kier molecular flexibility index (Phi) is 1.68. The van der Waals surface area contributed by atoms with E-state index in [0.717, 1.165) is 5.82 Å². The van der Waals surface area contributed by atoms with Crippen LogP contribution < -0.4 is 10.5 Å². The summed E-state index contributed by atoms with van der Waals surface area (Å²) in [5.74, 6) is 0.789. The van der Waals surface area contributed by atoms with Crippen molar-refractivity contribution in [1.82, 2.24) is 10.4 Å². The van der Waals surface area contributed by atoms with E-state index in [4.69, 9.17) is 0 Å². The SMILES string of the molecule is CC1C=C2N(N1)C(C)C=C[NH+]2[O-]. The molecule has 12 heavy (non-hydrogen) atoms. The molecule has 3 unspecified atom stereocenters. The molecule has 3 atom stereocenters. The first-order valence-corrected chi connectivity index (χ1v) is 4.18. The summed E-state index contributed by atoms with van der Waals surface area (Å²) in [5, 5.41) is 13.4. The molecule has 0 spiro atoms. The highest BCUT2D eigenvalue weighted by molar-refractivity contribution is 5.10. The van der Waals surface area contributed by atoms with Crippen LogP contribution in [0.4, 0.5) is 0 Å². The summed E-state index contributed by atoms with van der Waals surface area (Å²) in [6, 6.07) is 0.546. The van der Waals surface area contributed by atoms with Crippen molar-refractivity contribution in [2.45, 2.75) is 25.9 Å². The van der Waals surface area contributed by atoms with Gasteiger partial charge in [-0.25, -0.2) is 5.43 Å². The number of quaternary nitrogens is 1. The summed E-state index contributed by atoms with van der Waals surface area (Å²) in [4.78, 5) is 0. The maximum Gasteiger partial charge on any atom is 0.219 e. The summed E-state index contributed by atoms with van der Waals surface area (Å²) in [5.41, 5.74) is 3.20. The van der Waals surface area contributed by atoms with Gasteiger partial charge >= 0.3 is 0 Å². The molecule has 0 radical (unpaired) electrons. The lowest BCUT2D eigenvalue weighted by Crippen LogP contribution is -3.03. The van der Waals surface area contributed by atoms with E-state index >= 15 is 0 Å². The van der Waals surface area contributed by atoms with Gasteiger partial charge in [0.05, 0.1) is 12.2 Å². The van der Waals surface area contributed by atoms with E-state index in [2.05, 4.69) is 12.3 Å². The highest BCUT2D eigenvalue weighted by Gasteiger charge is 2.30. The molecule has 2 aliphatic heterocycles. The largest absolute Gasteiger partial charge is 0.623 e. The zero-order chi connectivity index (χ0) is 8.72. The summed E-state index contributed by atoms with van der Waals surface area (Å²) < 4.78 is 0. The smallest absolute Gasteiger partial charge is 0.219 e. The molecule has 0 saturated carbocycles. The van der Waals surface area contributed by atoms with E-state index in [1.807, 2.05) is 24.1 Å². The van der Waals surface area contributed by atoms with E-state index in [1.165, 1.54) is 0 Å². The minimum absolute atomic E-state index is 0.102. The Labute approximate surface area is 71.7 Å². The molecule has 0 bridgehead atoms. The second-order valence-electron chi connectivity index (χ2n) is 3.30. The predicted molar refractivity (Wildman–Crippen MR) is 45.5 cm³/mol. The van der Waals surface area contributed by atoms with Crippen LogP contribution in [0.15, 0.2) is 24.2 Å². The van der Waals surface area contributed by atoms with Crippen LogP contribution in [0.2, 0.25) is 0 Å².